The van der Waals surface area contributed by atoms with E-state index in [1.807, 2.05) is 13.8 Å². The van der Waals surface area contributed by atoms with E-state index in [2.05, 4.69) is 23.2 Å². The molecule has 0 bridgehead atoms. The lowest BCUT2D eigenvalue weighted by atomic mass is 10.1. The SMILES string of the molecule is CCOc1cc2c(nc1C)N1[C@@H](CNC[C@H]1C)C2. The standard InChI is InChI=1S/C14H21N3O/c1-4-18-13-6-11-5-12-8-15-7-9(2)17(12)14(11)16-10(13)3/h6,9,12,15H,4-5,7-8H2,1-3H3/t9-,12-/m1/s1. The fourth-order valence-corrected chi connectivity index (χ4v) is 3.11. The van der Waals surface area contributed by atoms with Crippen molar-refractivity contribution in [2.75, 3.05) is 24.6 Å². The molecule has 1 N–H and O–H groups in total. The number of pyridine rings is 1. The van der Waals surface area contributed by atoms with E-state index < -0.39 is 0 Å². The number of hydrogen-bond donors (Lipinski definition) is 1. The van der Waals surface area contributed by atoms with Gasteiger partial charge in [0.25, 0.3) is 0 Å². The molecule has 3 rings (SSSR count). The van der Waals surface area contributed by atoms with E-state index in [4.69, 9.17) is 9.72 Å². The molecule has 0 radical (unpaired) electrons. The predicted molar refractivity (Wildman–Crippen MR) is 72.4 cm³/mol. The highest BCUT2D eigenvalue weighted by Crippen LogP contribution is 2.36. The van der Waals surface area contributed by atoms with Crippen molar-refractivity contribution < 1.29 is 4.74 Å². The van der Waals surface area contributed by atoms with Crippen LogP contribution in [0.1, 0.15) is 25.1 Å². The highest BCUT2D eigenvalue weighted by Gasteiger charge is 2.36. The minimum atomic E-state index is 0.523. The van der Waals surface area contributed by atoms with Gasteiger partial charge in [-0.05, 0) is 33.3 Å². The molecule has 98 valence electrons. The van der Waals surface area contributed by atoms with Crippen LogP contribution in [0.4, 0.5) is 5.82 Å². The van der Waals surface area contributed by atoms with Crippen LogP contribution in [-0.4, -0.2) is 36.8 Å². The minimum absolute atomic E-state index is 0.523. The van der Waals surface area contributed by atoms with Gasteiger partial charge in [-0.25, -0.2) is 4.98 Å². The Bertz CT molecular complexity index is 461. The molecule has 3 heterocycles. The van der Waals surface area contributed by atoms with E-state index in [0.717, 1.165) is 31.0 Å². The molecule has 18 heavy (non-hydrogen) atoms. The quantitative estimate of drug-likeness (QED) is 0.859. The first-order valence-electron chi connectivity index (χ1n) is 6.83. The Kier molecular flexibility index (Phi) is 2.90. The van der Waals surface area contributed by atoms with E-state index in [9.17, 15) is 0 Å². The number of rotatable bonds is 2. The van der Waals surface area contributed by atoms with E-state index >= 15 is 0 Å². The van der Waals surface area contributed by atoms with Crippen molar-refractivity contribution in [3.05, 3.63) is 17.3 Å². The van der Waals surface area contributed by atoms with Crippen molar-refractivity contribution >= 4 is 5.82 Å². The maximum absolute atomic E-state index is 5.65. The summed E-state index contributed by atoms with van der Waals surface area (Å²) in [7, 11) is 0. The molecular formula is C14H21N3O. The average Bonchev–Trinajstić information content (AvgIpc) is 2.69. The van der Waals surface area contributed by atoms with Gasteiger partial charge in [0.2, 0.25) is 0 Å². The Morgan fingerprint density at radius 1 is 1.50 bits per heavy atom. The first-order valence-corrected chi connectivity index (χ1v) is 6.83. The van der Waals surface area contributed by atoms with Crippen LogP contribution in [-0.2, 0) is 6.42 Å². The monoisotopic (exact) mass is 247 g/mol. The summed E-state index contributed by atoms with van der Waals surface area (Å²) in [5, 5.41) is 3.49. The summed E-state index contributed by atoms with van der Waals surface area (Å²) in [4.78, 5) is 7.26. The third kappa shape index (κ3) is 1.75. The van der Waals surface area contributed by atoms with Gasteiger partial charge in [0.05, 0.1) is 12.3 Å². The van der Waals surface area contributed by atoms with E-state index in [1.165, 1.54) is 11.4 Å². The van der Waals surface area contributed by atoms with Gasteiger partial charge in [0, 0.05) is 30.7 Å². The Balaban J connectivity index is 1.99. The maximum atomic E-state index is 5.65. The van der Waals surface area contributed by atoms with Crippen LogP contribution in [0.25, 0.3) is 0 Å². The number of ether oxygens (including phenoxy) is 1. The summed E-state index contributed by atoms with van der Waals surface area (Å²) < 4.78 is 5.65. The smallest absolute Gasteiger partial charge is 0.140 e. The van der Waals surface area contributed by atoms with Gasteiger partial charge < -0.3 is 15.0 Å². The van der Waals surface area contributed by atoms with Gasteiger partial charge in [-0.1, -0.05) is 0 Å². The van der Waals surface area contributed by atoms with Crippen molar-refractivity contribution in [1.29, 1.82) is 0 Å². The zero-order chi connectivity index (χ0) is 12.7. The Hall–Kier alpha value is -1.29. The Morgan fingerprint density at radius 2 is 2.33 bits per heavy atom. The van der Waals surface area contributed by atoms with Crippen molar-refractivity contribution in [2.45, 2.75) is 39.3 Å². The molecule has 4 nitrogen and oxygen atoms in total. The van der Waals surface area contributed by atoms with Gasteiger partial charge in [-0.2, -0.15) is 0 Å². The molecule has 2 aliphatic heterocycles. The fourth-order valence-electron chi connectivity index (χ4n) is 3.11. The van der Waals surface area contributed by atoms with Crippen molar-refractivity contribution in [3.63, 3.8) is 0 Å². The first kappa shape index (κ1) is 11.8. The molecule has 1 aromatic heterocycles. The zero-order valence-corrected chi connectivity index (χ0v) is 11.4. The molecule has 0 amide bonds. The van der Waals surface area contributed by atoms with E-state index in [1.54, 1.807) is 0 Å². The number of aromatic nitrogens is 1. The largest absolute Gasteiger partial charge is 0.492 e. The third-order valence-corrected chi connectivity index (χ3v) is 3.91. The molecule has 2 aliphatic rings. The highest BCUT2D eigenvalue weighted by atomic mass is 16.5. The maximum Gasteiger partial charge on any atom is 0.140 e. The number of nitrogens with zero attached hydrogens (tertiary/aromatic N) is 2. The lowest BCUT2D eigenvalue weighted by Gasteiger charge is -2.37. The van der Waals surface area contributed by atoms with Crippen LogP contribution in [0.3, 0.4) is 0 Å². The summed E-state index contributed by atoms with van der Waals surface area (Å²) >= 11 is 0. The molecule has 2 atom stereocenters. The van der Waals surface area contributed by atoms with Crippen LogP contribution >= 0.6 is 0 Å². The van der Waals surface area contributed by atoms with Crippen molar-refractivity contribution in [2.24, 2.45) is 0 Å². The fraction of sp³-hybridized carbons (Fsp3) is 0.643. The van der Waals surface area contributed by atoms with Crippen LogP contribution in [0.15, 0.2) is 6.07 Å². The number of piperazine rings is 1. The number of nitrogens with one attached hydrogen (secondary N) is 1. The molecule has 0 aliphatic carbocycles. The number of hydrogen-bond acceptors (Lipinski definition) is 4. The normalized spacial score (nSPS) is 25.8. The molecule has 0 saturated carbocycles. The summed E-state index contributed by atoms with van der Waals surface area (Å²) in [6, 6.07) is 3.27. The van der Waals surface area contributed by atoms with Crippen LogP contribution in [0, 0.1) is 6.92 Å². The highest BCUT2D eigenvalue weighted by molar-refractivity contribution is 5.58. The lowest BCUT2D eigenvalue weighted by Crippen LogP contribution is -2.55. The molecule has 4 heteroatoms. The summed E-state index contributed by atoms with van der Waals surface area (Å²) in [5.74, 6) is 2.12. The van der Waals surface area contributed by atoms with Crippen molar-refractivity contribution in [1.82, 2.24) is 10.3 Å². The van der Waals surface area contributed by atoms with E-state index in [-0.39, 0.29) is 0 Å². The van der Waals surface area contributed by atoms with Gasteiger partial charge in [-0.15, -0.1) is 0 Å². The number of fused-ring (bicyclic) bond motifs is 3. The van der Waals surface area contributed by atoms with Crippen molar-refractivity contribution in [3.8, 4) is 5.75 Å². The van der Waals surface area contributed by atoms with Crippen LogP contribution < -0.4 is 15.0 Å². The second-order valence-electron chi connectivity index (χ2n) is 5.26. The summed E-state index contributed by atoms with van der Waals surface area (Å²) in [6.45, 7) is 9.12. The lowest BCUT2D eigenvalue weighted by molar-refractivity contribution is 0.336. The zero-order valence-electron chi connectivity index (χ0n) is 11.4. The summed E-state index contributed by atoms with van der Waals surface area (Å²) in [6.07, 6.45) is 1.08. The average molecular weight is 247 g/mol. The van der Waals surface area contributed by atoms with Crippen LogP contribution in [0.2, 0.25) is 0 Å². The van der Waals surface area contributed by atoms with Gasteiger partial charge in [-0.3, -0.25) is 0 Å². The molecule has 0 aromatic carbocycles. The van der Waals surface area contributed by atoms with Crippen LogP contribution in [0.5, 0.6) is 5.75 Å². The molecular weight excluding hydrogens is 226 g/mol. The minimum Gasteiger partial charge on any atom is -0.492 e. The molecule has 1 fully saturated rings. The summed E-state index contributed by atoms with van der Waals surface area (Å²) in [5.41, 5.74) is 2.34. The van der Waals surface area contributed by atoms with Gasteiger partial charge in [0.1, 0.15) is 11.6 Å². The number of aryl methyl sites for hydroxylation is 1. The van der Waals surface area contributed by atoms with E-state index in [0.29, 0.717) is 18.7 Å². The Morgan fingerprint density at radius 3 is 3.11 bits per heavy atom. The Labute approximate surface area is 108 Å². The van der Waals surface area contributed by atoms with Gasteiger partial charge in [0.15, 0.2) is 0 Å². The second-order valence-corrected chi connectivity index (χ2v) is 5.26. The van der Waals surface area contributed by atoms with Gasteiger partial charge >= 0.3 is 0 Å². The molecule has 0 spiro atoms. The third-order valence-electron chi connectivity index (χ3n) is 3.91. The molecule has 0 unspecified atom stereocenters. The second kappa shape index (κ2) is 4.43. The predicted octanol–water partition coefficient (Wildman–Crippen LogP) is 1.51. The first-order chi connectivity index (χ1) is 8.70. The molecule has 1 saturated heterocycles. The number of anilines is 1. The topological polar surface area (TPSA) is 37.4 Å². The molecule has 1 aromatic rings.